The fraction of sp³-hybridized carbons (Fsp3) is 0.312. The Hall–Kier alpha value is -1.74. The summed E-state index contributed by atoms with van der Waals surface area (Å²) in [5.74, 6) is 0.640. The molecule has 0 saturated heterocycles. The number of nitrogens with zero attached hydrogens (tertiary/aromatic N) is 4. The van der Waals surface area contributed by atoms with Crippen LogP contribution in [0.3, 0.4) is 0 Å². The molecule has 3 rings (SSSR count). The average Bonchev–Trinajstić information content (AvgIpc) is 2.97. The van der Waals surface area contributed by atoms with Gasteiger partial charge in [-0.05, 0) is 19.4 Å². The second-order valence-corrected chi connectivity index (χ2v) is 6.51. The Bertz CT molecular complexity index is 803. The number of imidazole rings is 1. The molecule has 0 saturated carbocycles. The van der Waals surface area contributed by atoms with Crippen LogP contribution in [0.25, 0.3) is 11.2 Å². The number of anilines is 1. The summed E-state index contributed by atoms with van der Waals surface area (Å²) >= 11 is 2.10. The van der Waals surface area contributed by atoms with Gasteiger partial charge in [-0.1, -0.05) is 30.3 Å². The van der Waals surface area contributed by atoms with Crippen molar-refractivity contribution in [2.24, 2.45) is 0 Å². The Morgan fingerprint density at radius 1 is 1.22 bits per heavy atom. The molecule has 0 aliphatic carbocycles. The molecule has 2 heterocycles. The Morgan fingerprint density at radius 2 is 1.96 bits per heavy atom. The largest absolute Gasteiger partial charge is 0.394 e. The summed E-state index contributed by atoms with van der Waals surface area (Å²) in [4.78, 5) is 13.4. The van der Waals surface area contributed by atoms with E-state index in [0.29, 0.717) is 15.2 Å². The molecule has 1 atom stereocenters. The smallest absolute Gasteiger partial charge is 0.194 e. The number of hydrogen-bond donors (Lipinski definition) is 2. The summed E-state index contributed by atoms with van der Waals surface area (Å²) in [6, 6.07) is 9.83. The molecule has 6 nitrogen and oxygen atoms in total. The van der Waals surface area contributed by atoms with Gasteiger partial charge >= 0.3 is 0 Å². The highest BCUT2D eigenvalue weighted by atomic mass is 127. The second-order valence-electron chi connectivity index (χ2n) is 5.55. The van der Waals surface area contributed by atoms with Crippen LogP contribution in [0.4, 0.5) is 5.82 Å². The number of aromatic nitrogens is 4. The van der Waals surface area contributed by atoms with Crippen LogP contribution >= 0.6 is 22.6 Å². The van der Waals surface area contributed by atoms with Crippen LogP contribution in [0, 0.1) is 3.83 Å². The molecular formula is C16H18IN5O. The average molecular weight is 423 g/mol. The van der Waals surface area contributed by atoms with Gasteiger partial charge < -0.3 is 15.0 Å². The molecule has 23 heavy (non-hydrogen) atoms. The number of fused-ring (bicyclic) bond motifs is 1. The lowest BCUT2D eigenvalue weighted by Crippen LogP contribution is -2.16. The topological polar surface area (TPSA) is 75.9 Å². The van der Waals surface area contributed by atoms with Gasteiger partial charge in [0.2, 0.25) is 0 Å². The molecule has 120 valence electrons. The predicted molar refractivity (Wildman–Crippen MR) is 98.3 cm³/mol. The van der Waals surface area contributed by atoms with E-state index in [1.807, 2.05) is 34.9 Å². The number of rotatable bonds is 5. The lowest BCUT2D eigenvalue weighted by Gasteiger charge is -2.17. The molecule has 2 aromatic heterocycles. The lowest BCUT2D eigenvalue weighted by atomic mass is 10.1. The summed E-state index contributed by atoms with van der Waals surface area (Å²) in [5.41, 5.74) is 2.51. The standard InChI is InChI=1S/C16H18IN5O/c1-10(2)22-9-18-13-14(20-16(17)21-15(13)22)19-12(8-23)11-6-4-3-5-7-11/h3-7,9-10,12,23H,8H2,1-2H3,(H,19,20,21)/t12-/m0/s1. The summed E-state index contributed by atoms with van der Waals surface area (Å²) in [5, 5.41) is 13.0. The van der Waals surface area contributed by atoms with Crippen molar-refractivity contribution in [2.45, 2.75) is 25.9 Å². The monoisotopic (exact) mass is 423 g/mol. The first-order valence-electron chi connectivity index (χ1n) is 7.42. The quantitative estimate of drug-likeness (QED) is 0.487. The Kier molecular flexibility index (Phi) is 4.76. The highest BCUT2D eigenvalue weighted by Crippen LogP contribution is 2.25. The predicted octanol–water partition coefficient (Wildman–Crippen LogP) is 3.16. The molecule has 2 N–H and O–H groups in total. The van der Waals surface area contributed by atoms with E-state index in [1.54, 1.807) is 6.33 Å². The zero-order chi connectivity index (χ0) is 16.4. The minimum atomic E-state index is -0.241. The fourth-order valence-electron chi connectivity index (χ4n) is 2.45. The van der Waals surface area contributed by atoms with Crippen LogP contribution in [-0.2, 0) is 0 Å². The zero-order valence-corrected chi connectivity index (χ0v) is 15.1. The minimum Gasteiger partial charge on any atom is -0.394 e. The fourth-order valence-corrected chi connectivity index (χ4v) is 2.92. The van der Waals surface area contributed by atoms with Gasteiger partial charge in [-0.2, -0.15) is 0 Å². The van der Waals surface area contributed by atoms with Crippen LogP contribution in [-0.4, -0.2) is 31.2 Å². The van der Waals surface area contributed by atoms with Crippen molar-refractivity contribution in [3.05, 3.63) is 46.1 Å². The summed E-state index contributed by atoms with van der Waals surface area (Å²) in [6.45, 7) is 4.14. The van der Waals surface area contributed by atoms with E-state index in [2.05, 4.69) is 56.7 Å². The number of aliphatic hydroxyl groups is 1. The van der Waals surface area contributed by atoms with Gasteiger partial charge in [-0.25, -0.2) is 15.0 Å². The number of aliphatic hydroxyl groups excluding tert-OH is 1. The number of halogens is 1. The summed E-state index contributed by atoms with van der Waals surface area (Å²) in [7, 11) is 0. The molecule has 0 bridgehead atoms. The van der Waals surface area contributed by atoms with Gasteiger partial charge in [-0.3, -0.25) is 0 Å². The van der Waals surface area contributed by atoms with Crippen LogP contribution < -0.4 is 5.32 Å². The van der Waals surface area contributed by atoms with Crippen molar-refractivity contribution < 1.29 is 5.11 Å². The molecule has 3 aromatic rings. The van der Waals surface area contributed by atoms with Gasteiger partial charge in [0.25, 0.3) is 0 Å². The van der Waals surface area contributed by atoms with E-state index in [0.717, 1.165) is 11.2 Å². The molecule has 0 aliphatic heterocycles. The maximum absolute atomic E-state index is 9.74. The molecule has 1 aromatic carbocycles. The van der Waals surface area contributed by atoms with E-state index < -0.39 is 0 Å². The SMILES string of the molecule is CC(C)n1cnc2c(N[C@@H](CO)c3ccccc3)nc(I)nc21. The van der Waals surface area contributed by atoms with E-state index in [9.17, 15) is 5.11 Å². The van der Waals surface area contributed by atoms with Crippen molar-refractivity contribution in [3.63, 3.8) is 0 Å². The Morgan fingerprint density at radius 3 is 2.61 bits per heavy atom. The van der Waals surface area contributed by atoms with Gasteiger partial charge in [-0.15, -0.1) is 0 Å². The first-order chi connectivity index (χ1) is 11.1. The molecular weight excluding hydrogens is 405 g/mol. The molecule has 0 amide bonds. The summed E-state index contributed by atoms with van der Waals surface area (Å²) < 4.78 is 2.66. The number of benzene rings is 1. The zero-order valence-electron chi connectivity index (χ0n) is 12.9. The van der Waals surface area contributed by atoms with Crippen LogP contribution in [0.15, 0.2) is 36.7 Å². The second kappa shape index (κ2) is 6.79. The maximum atomic E-state index is 9.74. The molecule has 0 fully saturated rings. The third-order valence-electron chi connectivity index (χ3n) is 3.65. The van der Waals surface area contributed by atoms with Crippen molar-refractivity contribution in [1.82, 2.24) is 19.5 Å². The third-order valence-corrected chi connectivity index (χ3v) is 4.13. The molecule has 0 unspecified atom stereocenters. The van der Waals surface area contributed by atoms with E-state index in [-0.39, 0.29) is 18.7 Å². The van der Waals surface area contributed by atoms with E-state index >= 15 is 0 Å². The van der Waals surface area contributed by atoms with Crippen molar-refractivity contribution in [2.75, 3.05) is 11.9 Å². The first kappa shape index (κ1) is 16.1. The Balaban J connectivity index is 2.02. The van der Waals surface area contributed by atoms with Crippen molar-refractivity contribution in [1.29, 1.82) is 0 Å². The van der Waals surface area contributed by atoms with E-state index in [4.69, 9.17) is 0 Å². The van der Waals surface area contributed by atoms with Crippen LogP contribution in [0.2, 0.25) is 0 Å². The van der Waals surface area contributed by atoms with Gasteiger partial charge in [0, 0.05) is 28.6 Å². The normalized spacial score (nSPS) is 12.7. The van der Waals surface area contributed by atoms with Crippen molar-refractivity contribution in [3.8, 4) is 0 Å². The number of hydrogen-bond acceptors (Lipinski definition) is 5. The minimum absolute atomic E-state index is 0.0308. The molecule has 7 heteroatoms. The first-order valence-corrected chi connectivity index (χ1v) is 8.50. The molecule has 0 radical (unpaired) electrons. The Labute approximate surface area is 148 Å². The van der Waals surface area contributed by atoms with Crippen LogP contribution in [0.5, 0.6) is 0 Å². The summed E-state index contributed by atoms with van der Waals surface area (Å²) in [6.07, 6.45) is 1.78. The molecule has 0 aliphatic rings. The van der Waals surface area contributed by atoms with E-state index in [1.165, 1.54) is 0 Å². The lowest BCUT2D eigenvalue weighted by molar-refractivity contribution is 0.276. The number of nitrogens with one attached hydrogen (secondary N) is 1. The highest BCUT2D eigenvalue weighted by molar-refractivity contribution is 14.1. The van der Waals surface area contributed by atoms with Gasteiger partial charge in [0.15, 0.2) is 20.8 Å². The maximum Gasteiger partial charge on any atom is 0.194 e. The highest BCUT2D eigenvalue weighted by Gasteiger charge is 2.17. The molecule has 0 spiro atoms. The van der Waals surface area contributed by atoms with Crippen molar-refractivity contribution >= 4 is 39.6 Å². The van der Waals surface area contributed by atoms with Gasteiger partial charge in [0.1, 0.15) is 0 Å². The third kappa shape index (κ3) is 3.30. The van der Waals surface area contributed by atoms with Crippen LogP contribution in [0.1, 0.15) is 31.5 Å². The van der Waals surface area contributed by atoms with Gasteiger partial charge in [0.05, 0.1) is 19.0 Å².